The van der Waals surface area contributed by atoms with Crippen LogP contribution in [-0.2, 0) is 6.42 Å². The Morgan fingerprint density at radius 1 is 1.10 bits per heavy atom. The van der Waals surface area contributed by atoms with Crippen molar-refractivity contribution < 1.29 is 13.9 Å². The lowest BCUT2D eigenvalue weighted by molar-refractivity contribution is 0.271. The van der Waals surface area contributed by atoms with Crippen LogP contribution < -0.4 is 9.47 Å². The predicted octanol–water partition coefficient (Wildman–Crippen LogP) is 5.52. The molecule has 0 radical (unpaired) electrons. The summed E-state index contributed by atoms with van der Waals surface area (Å²) in [7, 11) is 0. The van der Waals surface area contributed by atoms with Gasteiger partial charge in [-0.3, -0.25) is 5.10 Å². The number of unbranched alkanes of at least 4 members (excludes halogenated alkanes) is 2. The summed E-state index contributed by atoms with van der Waals surface area (Å²) >= 11 is 5.31. The number of nitrogens with one attached hydrogen (secondary N) is 1. The molecule has 0 amide bonds. The maximum Gasteiger partial charge on any atom is 0.216 e. The van der Waals surface area contributed by atoms with Gasteiger partial charge in [0.1, 0.15) is 5.82 Å². The topological polar surface area (TPSA) is 64.4 Å². The largest absolute Gasteiger partial charge is 0.490 e. The zero-order chi connectivity index (χ0) is 22.1. The molecule has 8 heteroatoms. The molecule has 0 spiro atoms. The van der Waals surface area contributed by atoms with E-state index >= 15 is 0 Å². The van der Waals surface area contributed by atoms with Crippen LogP contribution in [0.3, 0.4) is 0 Å². The molecule has 0 saturated carbocycles. The molecule has 164 valence electrons. The summed E-state index contributed by atoms with van der Waals surface area (Å²) in [5, 5.41) is 11.5. The van der Waals surface area contributed by atoms with Crippen LogP contribution in [0.2, 0.25) is 0 Å². The highest BCUT2D eigenvalue weighted by Gasteiger charge is 2.08. The highest BCUT2D eigenvalue weighted by Crippen LogP contribution is 2.28. The summed E-state index contributed by atoms with van der Waals surface area (Å²) < 4.78 is 26.7. The van der Waals surface area contributed by atoms with Crippen molar-refractivity contribution in [2.24, 2.45) is 5.10 Å². The standard InChI is InChI=1S/C23H27FN4O2S/c1-3-5-6-13-30-20-12-9-18(14-21(20)29-4-2)16-25-28-22(26-27-23(28)31)15-17-7-10-19(24)11-8-17/h7-12,14,16H,3-6,13,15H2,1-2H3,(H,27,31)/b25-16-. The highest BCUT2D eigenvalue weighted by molar-refractivity contribution is 7.71. The Kier molecular flexibility index (Phi) is 8.35. The van der Waals surface area contributed by atoms with Crippen molar-refractivity contribution in [1.29, 1.82) is 0 Å². The third kappa shape index (κ3) is 6.49. The number of ether oxygens (including phenoxy) is 2. The van der Waals surface area contributed by atoms with Gasteiger partial charge in [0.2, 0.25) is 4.77 Å². The SMILES string of the molecule is CCCCCOc1ccc(/C=N\n2c(Cc3ccc(F)cc3)n[nH]c2=S)cc1OCC. The van der Waals surface area contributed by atoms with Gasteiger partial charge in [-0.1, -0.05) is 31.9 Å². The Labute approximate surface area is 186 Å². The maximum atomic E-state index is 13.2. The summed E-state index contributed by atoms with van der Waals surface area (Å²) in [5.41, 5.74) is 1.76. The van der Waals surface area contributed by atoms with Gasteiger partial charge in [0.25, 0.3) is 0 Å². The summed E-state index contributed by atoms with van der Waals surface area (Å²) in [4.78, 5) is 0. The van der Waals surface area contributed by atoms with Crippen molar-refractivity contribution in [1.82, 2.24) is 14.9 Å². The third-order valence-corrected chi connectivity index (χ3v) is 4.85. The van der Waals surface area contributed by atoms with E-state index in [9.17, 15) is 4.39 Å². The molecule has 0 bridgehead atoms. The van der Waals surface area contributed by atoms with E-state index in [4.69, 9.17) is 21.7 Å². The second-order valence-corrected chi connectivity index (χ2v) is 7.39. The maximum absolute atomic E-state index is 13.2. The molecule has 0 saturated heterocycles. The van der Waals surface area contributed by atoms with Gasteiger partial charge in [0, 0.05) is 6.42 Å². The van der Waals surface area contributed by atoms with Crippen LogP contribution in [0.15, 0.2) is 47.6 Å². The molecule has 1 N–H and O–H groups in total. The summed E-state index contributed by atoms with van der Waals surface area (Å²) in [6.07, 6.45) is 5.47. The van der Waals surface area contributed by atoms with E-state index in [0.717, 1.165) is 36.1 Å². The lowest BCUT2D eigenvalue weighted by Crippen LogP contribution is -2.02. The van der Waals surface area contributed by atoms with Crippen molar-refractivity contribution in [2.45, 2.75) is 39.5 Å². The molecular formula is C23H27FN4O2S. The number of halogens is 1. The fourth-order valence-corrected chi connectivity index (χ4v) is 3.19. The quantitative estimate of drug-likeness (QED) is 0.241. The minimum atomic E-state index is -0.275. The Morgan fingerprint density at radius 2 is 1.90 bits per heavy atom. The van der Waals surface area contributed by atoms with Crippen molar-refractivity contribution in [3.05, 3.63) is 70.0 Å². The molecule has 3 aromatic rings. The predicted molar refractivity (Wildman–Crippen MR) is 122 cm³/mol. The molecule has 0 fully saturated rings. The van der Waals surface area contributed by atoms with Crippen LogP contribution in [0, 0.1) is 10.6 Å². The molecule has 0 aliphatic heterocycles. The lowest BCUT2D eigenvalue weighted by atomic mass is 10.1. The van der Waals surface area contributed by atoms with Crippen LogP contribution >= 0.6 is 12.2 Å². The van der Waals surface area contributed by atoms with Crippen molar-refractivity contribution >= 4 is 18.4 Å². The van der Waals surface area contributed by atoms with Gasteiger partial charge in [0.15, 0.2) is 17.3 Å². The Balaban J connectivity index is 1.76. The number of aromatic amines is 1. The van der Waals surface area contributed by atoms with E-state index in [1.807, 2.05) is 25.1 Å². The van der Waals surface area contributed by atoms with Crippen LogP contribution in [0.1, 0.15) is 50.1 Å². The van der Waals surface area contributed by atoms with Crippen LogP contribution in [0.5, 0.6) is 11.5 Å². The summed E-state index contributed by atoms with van der Waals surface area (Å²) in [5.74, 6) is 1.77. The first-order chi connectivity index (χ1) is 15.1. The molecule has 1 aromatic heterocycles. The fraction of sp³-hybridized carbons (Fsp3) is 0.348. The minimum Gasteiger partial charge on any atom is -0.490 e. The molecule has 0 unspecified atom stereocenters. The minimum absolute atomic E-state index is 0.275. The Bertz CT molecular complexity index is 1060. The molecule has 31 heavy (non-hydrogen) atoms. The Morgan fingerprint density at radius 3 is 2.65 bits per heavy atom. The molecule has 2 aromatic carbocycles. The van der Waals surface area contributed by atoms with Crippen LogP contribution in [0.4, 0.5) is 4.39 Å². The molecule has 1 heterocycles. The van der Waals surface area contributed by atoms with Gasteiger partial charge in [-0.05, 0) is 67.0 Å². The number of benzene rings is 2. The van der Waals surface area contributed by atoms with Crippen molar-refractivity contribution in [3.8, 4) is 11.5 Å². The monoisotopic (exact) mass is 442 g/mol. The molecule has 3 rings (SSSR count). The van der Waals surface area contributed by atoms with Crippen LogP contribution in [0.25, 0.3) is 0 Å². The normalized spacial score (nSPS) is 11.2. The number of H-pyrrole nitrogens is 1. The molecule has 0 aliphatic rings. The van der Waals surface area contributed by atoms with Gasteiger partial charge in [-0.2, -0.15) is 14.9 Å². The van der Waals surface area contributed by atoms with Gasteiger partial charge in [-0.15, -0.1) is 0 Å². The number of nitrogens with zero attached hydrogens (tertiary/aromatic N) is 3. The second kappa shape index (κ2) is 11.4. The zero-order valence-corrected chi connectivity index (χ0v) is 18.6. The molecule has 6 nitrogen and oxygen atoms in total. The first kappa shape index (κ1) is 22.7. The average molecular weight is 443 g/mol. The first-order valence-corrected chi connectivity index (χ1v) is 10.9. The summed E-state index contributed by atoms with van der Waals surface area (Å²) in [6, 6.07) is 12.0. The lowest BCUT2D eigenvalue weighted by Gasteiger charge is -2.12. The smallest absolute Gasteiger partial charge is 0.216 e. The second-order valence-electron chi connectivity index (χ2n) is 7.00. The Hall–Kier alpha value is -3.00. The molecule has 0 aliphatic carbocycles. The van der Waals surface area contributed by atoms with E-state index in [0.29, 0.717) is 36.0 Å². The third-order valence-electron chi connectivity index (χ3n) is 4.59. The van der Waals surface area contributed by atoms with Gasteiger partial charge < -0.3 is 9.47 Å². The summed E-state index contributed by atoms with van der Waals surface area (Å²) in [6.45, 7) is 5.31. The zero-order valence-electron chi connectivity index (χ0n) is 17.8. The van der Waals surface area contributed by atoms with Gasteiger partial charge in [-0.25, -0.2) is 4.39 Å². The average Bonchev–Trinajstić information content (AvgIpc) is 3.11. The van der Waals surface area contributed by atoms with Gasteiger partial charge in [0.05, 0.1) is 19.4 Å². The van der Waals surface area contributed by atoms with Crippen molar-refractivity contribution in [2.75, 3.05) is 13.2 Å². The van der Waals surface area contributed by atoms with Crippen LogP contribution in [-0.4, -0.2) is 34.3 Å². The van der Waals surface area contributed by atoms with E-state index in [1.54, 1.807) is 23.0 Å². The molecule has 0 atom stereocenters. The number of hydrogen-bond acceptors (Lipinski definition) is 5. The van der Waals surface area contributed by atoms with E-state index in [2.05, 4.69) is 22.2 Å². The highest BCUT2D eigenvalue weighted by atomic mass is 32.1. The number of rotatable bonds is 11. The van der Waals surface area contributed by atoms with E-state index in [-0.39, 0.29) is 5.82 Å². The first-order valence-electron chi connectivity index (χ1n) is 10.5. The van der Waals surface area contributed by atoms with E-state index < -0.39 is 0 Å². The van der Waals surface area contributed by atoms with Crippen molar-refractivity contribution in [3.63, 3.8) is 0 Å². The van der Waals surface area contributed by atoms with Gasteiger partial charge >= 0.3 is 0 Å². The number of aromatic nitrogens is 3. The fourth-order valence-electron chi connectivity index (χ4n) is 2.99. The number of hydrogen-bond donors (Lipinski definition) is 1. The van der Waals surface area contributed by atoms with E-state index in [1.165, 1.54) is 12.1 Å². The molecular weight excluding hydrogens is 415 g/mol.